The van der Waals surface area contributed by atoms with Crippen LogP contribution in [-0.4, -0.2) is 23.1 Å². The lowest BCUT2D eigenvalue weighted by Crippen LogP contribution is -2.18. The third-order valence-electron chi connectivity index (χ3n) is 10.3. The summed E-state index contributed by atoms with van der Waals surface area (Å²) < 4.78 is 6.01. The van der Waals surface area contributed by atoms with Crippen molar-refractivity contribution in [3.63, 3.8) is 0 Å². The molecule has 0 spiro atoms. The monoisotopic (exact) mass is 679 g/mol. The summed E-state index contributed by atoms with van der Waals surface area (Å²) in [6.45, 7) is 4.56. The van der Waals surface area contributed by atoms with Crippen LogP contribution in [0.4, 0.5) is 0 Å². The second kappa shape index (κ2) is 40.4. The van der Waals surface area contributed by atoms with Crippen molar-refractivity contribution >= 4 is 11.9 Å². The second-order valence-corrected chi connectivity index (χ2v) is 15.3. The van der Waals surface area contributed by atoms with Crippen LogP contribution in [-0.2, 0) is 14.3 Å². The molecular weight excluding hydrogens is 592 g/mol. The number of ether oxygens (including phenoxy) is 1. The van der Waals surface area contributed by atoms with Crippen LogP contribution in [0.5, 0.6) is 0 Å². The summed E-state index contributed by atoms with van der Waals surface area (Å²) in [6.07, 6.45) is 48.6. The Hall–Kier alpha value is -1.06. The number of rotatable bonds is 41. The molecule has 286 valence electrons. The van der Waals surface area contributed by atoms with Gasteiger partial charge in [0, 0.05) is 12.8 Å². The highest BCUT2D eigenvalue weighted by atomic mass is 16.5. The average molecular weight is 679 g/mol. The Morgan fingerprint density at radius 2 is 0.625 bits per heavy atom. The molecule has 1 N–H and O–H groups in total. The Bertz CT molecular complexity index is 648. The molecular formula is C44H86O4. The van der Waals surface area contributed by atoms with Crippen LogP contribution < -0.4 is 0 Å². The van der Waals surface area contributed by atoms with Crippen molar-refractivity contribution in [3.05, 3.63) is 0 Å². The second-order valence-electron chi connectivity index (χ2n) is 15.3. The molecule has 0 aromatic rings. The van der Waals surface area contributed by atoms with Gasteiger partial charge in [0.15, 0.2) is 0 Å². The molecule has 0 aliphatic carbocycles. The Morgan fingerprint density at radius 1 is 0.375 bits per heavy atom. The maximum atomic E-state index is 12.7. The van der Waals surface area contributed by atoms with Crippen LogP contribution >= 0.6 is 0 Å². The van der Waals surface area contributed by atoms with Crippen LogP contribution in [0.2, 0.25) is 0 Å². The largest absolute Gasteiger partial charge is 0.481 e. The van der Waals surface area contributed by atoms with Gasteiger partial charge in [-0.2, -0.15) is 0 Å². The number of aliphatic carboxylic acids is 1. The first-order valence-corrected chi connectivity index (χ1v) is 22.0. The Kier molecular flexibility index (Phi) is 39.5. The van der Waals surface area contributed by atoms with Gasteiger partial charge in [0.1, 0.15) is 6.10 Å². The van der Waals surface area contributed by atoms with Gasteiger partial charge in [-0.15, -0.1) is 0 Å². The maximum Gasteiger partial charge on any atom is 0.306 e. The molecule has 0 saturated carbocycles. The molecule has 0 heterocycles. The lowest BCUT2D eigenvalue weighted by molar-refractivity contribution is -0.150. The highest BCUT2D eigenvalue weighted by molar-refractivity contribution is 5.69. The Morgan fingerprint density at radius 3 is 0.917 bits per heavy atom. The molecule has 0 radical (unpaired) electrons. The highest BCUT2D eigenvalue weighted by Gasteiger charge is 2.14. The minimum atomic E-state index is -0.696. The molecule has 4 heteroatoms. The Balaban J connectivity index is 3.79. The van der Waals surface area contributed by atoms with E-state index in [-0.39, 0.29) is 18.5 Å². The highest BCUT2D eigenvalue weighted by Crippen LogP contribution is 2.19. The minimum Gasteiger partial charge on any atom is -0.481 e. The zero-order chi connectivity index (χ0) is 35.0. The lowest BCUT2D eigenvalue weighted by Gasteiger charge is -2.18. The summed E-state index contributed by atoms with van der Waals surface area (Å²) in [5, 5.41) is 8.82. The average Bonchev–Trinajstić information content (AvgIpc) is 3.07. The van der Waals surface area contributed by atoms with Gasteiger partial charge in [0.25, 0.3) is 0 Å². The molecule has 48 heavy (non-hydrogen) atoms. The first kappa shape index (κ1) is 46.9. The minimum absolute atomic E-state index is 0.00943. The SMILES string of the molecule is CCCCCCCCCCCCCCCCCCCCCCCC(=O)OC(CCCCCCCCCCC)CCCCCCCC(=O)O. The topological polar surface area (TPSA) is 63.6 Å². The third-order valence-corrected chi connectivity index (χ3v) is 10.3. The van der Waals surface area contributed by atoms with E-state index in [9.17, 15) is 9.59 Å². The van der Waals surface area contributed by atoms with E-state index in [4.69, 9.17) is 9.84 Å². The van der Waals surface area contributed by atoms with Crippen LogP contribution in [0.1, 0.15) is 264 Å². The zero-order valence-corrected chi connectivity index (χ0v) is 32.8. The van der Waals surface area contributed by atoms with Crippen LogP contribution in [0.25, 0.3) is 0 Å². The molecule has 0 amide bonds. The van der Waals surface area contributed by atoms with Crippen LogP contribution in [0, 0.1) is 0 Å². The number of carbonyl (C=O) groups is 2. The van der Waals surface area contributed by atoms with E-state index in [1.54, 1.807) is 0 Å². The molecule has 0 aliphatic heterocycles. The van der Waals surface area contributed by atoms with Crippen molar-refractivity contribution < 1.29 is 19.4 Å². The van der Waals surface area contributed by atoms with E-state index in [1.807, 2.05) is 0 Å². The summed E-state index contributed by atoms with van der Waals surface area (Å²) in [7, 11) is 0. The lowest BCUT2D eigenvalue weighted by atomic mass is 10.0. The molecule has 0 saturated heterocycles. The van der Waals surface area contributed by atoms with Gasteiger partial charge in [-0.25, -0.2) is 0 Å². The number of carboxylic acid groups (broad SMARTS) is 1. The first-order valence-electron chi connectivity index (χ1n) is 22.0. The number of unbranched alkanes of at least 4 members (excludes halogenated alkanes) is 32. The number of hydrogen-bond donors (Lipinski definition) is 1. The molecule has 1 atom stereocenters. The standard InChI is InChI=1S/C44H86O4/c1-3-5-7-9-11-13-14-15-16-17-18-19-20-21-22-23-24-26-28-33-37-41-44(47)48-42(39-35-31-29-32-36-40-43(45)46)38-34-30-27-25-12-10-8-6-4-2/h42H,3-41H2,1-2H3,(H,45,46). The van der Waals surface area contributed by atoms with E-state index in [0.29, 0.717) is 6.42 Å². The molecule has 4 nitrogen and oxygen atoms in total. The Labute approximate surface area is 301 Å². The van der Waals surface area contributed by atoms with Crippen LogP contribution in [0.3, 0.4) is 0 Å². The molecule has 0 aliphatic rings. The fraction of sp³-hybridized carbons (Fsp3) is 0.955. The number of esters is 1. The summed E-state index contributed by atoms with van der Waals surface area (Å²) in [4.78, 5) is 23.4. The zero-order valence-electron chi connectivity index (χ0n) is 32.8. The van der Waals surface area contributed by atoms with E-state index in [0.717, 1.165) is 64.2 Å². The van der Waals surface area contributed by atoms with Crippen molar-refractivity contribution in [2.75, 3.05) is 0 Å². The smallest absolute Gasteiger partial charge is 0.306 e. The van der Waals surface area contributed by atoms with Gasteiger partial charge < -0.3 is 9.84 Å². The van der Waals surface area contributed by atoms with Gasteiger partial charge in [0.05, 0.1) is 0 Å². The number of carbonyl (C=O) groups excluding carboxylic acids is 1. The summed E-state index contributed by atoms with van der Waals surface area (Å²) >= 11 is 0. The van der Waals surface area contributed by atoms with Gasteiger partial charge in [0.2, 0.25) is 0 Å². The molecule has 1 unspecified atom stereocenters. The fourth-order valence-corrected chi connectivity index (χ4v) is 7.07. The third kappa shape index (κ3) is 39.4. The van der Waals surface area contributed by atoms with Crippen molar-refractivity contribution in [3.8, 4) is 0 Å². The summed E-state index contributed by atoms with van der Waals surface area (Å²) in [5.74, 6) is -0.687. The van der Waals surface area contributed by atoms with Crippen molar-refractivity contribution in [1.82, 2.24) is 0 Å². The van der Waals surface area contributed by atoms with Gasteiger partial charge >= 0.3 is 11.9 Å². The predicted molar refractivity (Wildman–Crippen MR) is 209 cm³/mol. The molecule has 0 bridgehead atoms. The fourth-order valence-electron chi connectivity index (χ4n) is 7.07. The molecule has 0 aromatic carbocycles. The molecule has 0 rings (SSSR count). The van der Waals surface area contributed by atoms with E-state index in [1.165, 1.54) is 173 Å². The normalized spacial score (nSPS) is 12.0. The predicted octanol–water partition coefficient (Wildman–Crippen LogP) is 15.2. The van der Waals surface area contributed by atoms with Crippen molar-refractivity contribution in [2.45, 2.75) is 270 Å². The van der Waals surface area contributed by atoms with Crippen molar-refractivity contribution in [2.24, 2.45) is 0 Å². The van der Waals surface area contributed by atoms with E-state index in [2.05, 4.69) is 13.8 Å². The number of hydrogen-bond acceptors (Lipinski definition) is 3. The van der Waals surface area contributed by atoms with Gasteiger partial charge in [-0.3, -0.25) is 9.59 Å². The van der Waals surface area contributed by atoms with Crippen LogP contribution in [0.15, 0.2) is 0 Å². The molecule has 0 aromatic heterocycles. The van der Waals surface area contributed by atoms with Gasteiger partial charge in [-0.1, -0.05) is 213 Å². The first-order chi connectivity index (χ1) is 23.6. The summed E-state index contributed by atoms with van der Waals surface area (Å²) in [5.41, 5.74) is 0. The van der Waals surface area contributed by atoms with Gasteiger partial charge in [-0.05, 0) is 38.5 Å². The van der Waals surface area contributed by atoms with Crippen molar-refractivity contribution in [1.29, 1.82) is 0 Å². The summed E-state index contributed by atoms with van der Waals surface area (Å²) in [6, 6.07) is 0. The maximum absolute atomic E-state index is 12.7. The van der Waals surface area contributed by atoms with E-state index < -0.39 is 5.97 Å². The van der Waals surface area contributed by atoms with E-state index >= 15 is 0 Å². The quantitative estimate of drug-likeness (QED) is 0.0516. The number of carboxylic acids is 1. The molecule has 0 fully saturated rings.